The molecule has 4 heteroatoms. The van der Waals surface area contributed by atoms with Gasteiger partial charge in [0.25, 0.3) is 5.56 Å². The number of aromatic nitrogens is 2. The van der Waals surface area contributed by atoms with Crippen molar-refractivity contribution in [1.29, 1.82) is 0 Å². The Labute approximate surface area is 83.3 Å². The Balaban J connectivity index is 2.33. The van der Waals surface area contributed by atoms with Crippen molar-refractivity contribution in [3.05, 3.63) is 21.6 Å². The van der Waals surface area contributed by atoms with Gasteiger partial charge in [0.15, 0.2) is 0 Å². The molecule has 0 fully saturated rings. The van der Waals surface area contributed by atoms with E-state index in [1.807, 2.05) is 11.7 Å². The second-order valence-electron chi connectivity index (χ2n) is 4.43. The van der Waals surface area contributed by atoms with E-state index in [9.17, 15) is 4.79 Å². The molecule has 1 aliphatic rings. The van der Waals surface area contributed by atoms with E-state index < -0.39 is 0 Å². The third-order valence-corrected chi connectivity index (χ3v) is 2.78. The van der Waals surface area contributed by atoms with Crippen LogP contribution in [0.15, 0.2) is 4.79 Å². The van der Waals surface area contributed by atoms with Crippen molar-refractivity contribution in [2.45, 2.75) is 32.9 Å². The highest BCUT2D eigenvalue weighted by atomic mass is 16.1. The first-order valence-corrected chi connectivity index (χ1v) is 5.10. The Hall–Kier alpha value is -1.03. The molecule has 1 unspecified atom stereocenters. The molecule has 1 aromatic heterocycles. The standard InChI is InChI=1S/C10H17N3O/c1-6(2)4-8-9-7(5-11-8)10(14)12-13(9)3/h6,8,11H,4-5H2,1-3H3,(H,12,14). The van der Waals surface area contributed by atoms with Crippen LogP contribution in [0, 0.1) is 5.92 Å². The molecule has 0 radical (unpaired) electrons. The highest BCUT2D eigenvalue weighted by molar-refractivity contribution is 5.26. The lowest BCUT2D eigenvalue weighted by Crippen LogP contribution is -2.19. The molecule has 0 aliphatic carbocycles. The fourth-order valence-corrected chi connectivity index (χ4v) is 2.20. The predicted molar refractivity (Wildman–Crippen MR) is 55.1 cm³/mol. The number of hydrogen-bond donors (Lipinski definition) is 2. The number of hydrogen-bond acceptors (Lipinski definition) is 2. The van der Waals surface area contributed by atoms with E-state index in [0.29, 0.717) is 18.5 Å². The lowest BCUT2D eigenvalue weighted by atomic mass is 10.0. The van der Waals surface area contributed by atoms with Crippen LogP contribution in [0.25, 0.3) is 0 Å². The molecule has 1 aliphatic heterocycles. The van der Waals surface area contributed by atoms with E-state index in [1.54, 1.807) is 0 Å². The van der Waals surface area contributed by atoms with Crippen LogP contribution in [0.4, 0.5) is 0 Å². The Kier molecular flexibility index (Phi) is 2.23. The zero-order valence-electron chi connectivity index (χ0n) is 8.92. The molecule has 2 N–H and O–H groups in total. The summed E-state index contributed by atoms with van der Waals surface area (Å²) in [5.74, 6) is 0.642. The third kappa shape index (κ3) is 1.39. The number of nitrogens with zero attached hydrogens (tertiary/aromatic N) is 1. The summed E-state index contributed by atoms with van der Waals surface area (Å²) >= 11 is 0. The molecule has 78 valence electrons. The van der Waals surface area contributed by atoms with Crippen molar-refractivity contribution >= 4 is 0 Å². The van der Waals surface area contributed by atoms with Crippen LogP contribution >= 0.6 is 0 Å². The van der Waals surface area contributed by atoms with Gasteiger partial charge in [-0.15, -0.1) is 0 Å². The summed E-state index contributed by atoms with van der Waals surface area (Å²) in [6.45, 7) is 5.11. The fourth-order valence-electron chi connectivity index (χ4n) is 2.20. The maximum Gasteiger partial charge on any atom is 0.268 e. The van der Waals surface area contributed by atoms with E-state index in [2.05, 4.69) is 24.3 Å². The van der Waals surface area contributed by atoms with Gasteiger partial charge in [0.05, 0.1) is 17.3 Å². The minimum Gasteiger partial charge on any atom is -0.304 e. The average molecular weight is 195 g/mol. The SMILES string of the molecule is CC(C)CC1NCc2c1n(C)[nH]c2=O. The molecular formula is C10H17N3O. The van der Waals surface area contributed by atoms with Crippen molar-refractivity contribution in [2.24, 2.45) is 13.0 Å². The maximum absolute atomic E-state index is 11.4. The van der Waals surface area contributed by atoms with E-state index in [1.165, 1.54) is 0 Å². The van der Waals surface area contributed by atoms with Gasteiger partial charge in [0, 0.05) is 13.6 Å². The van der Waals surface area contributed by atoms with Gasteiger partial charge in [0.2, 0.25) is 0 Å². The number of H-pyrrole nitrogens is 1. The van der Waals surface area contributed by atoms with Crippen LogP contribution in [0.3, 0.4) is 0 Å². The van der Waals surface area contributed by atoms with E-state index in [-0.39, 0.29) is 5.56 Å². The molecule has 0 amide bonds. The number of fused-ring (bicyclic) bond motifs is 1. The Morgan fingerprint density at radius 2 is 2.29 bits per heavy atom. The molecule has 0 saturated carbocycles. The number of aryl methyl sites for hydroxylation is 1. The molecule has 4 nitrogen and oxygen atoms in total. The quantitative estimate of drug-likeness (QED) is 0.736. The lowest BCUT2D eigenvalue weighted by molar-refractivity contribution is 0.434. The summed E-state index contributed by atoms with van der Waals surface area (Å²) in [5, 5.41) is 6.18. The lowest BCUT2D eigenvalue weighted by Gasteiger charge is -2.15. The smallest absolute Gasteiger partial charge is 0.268 e. The first kappa shape index (κ1) is 9.52. The second-order valence-corrected chi connectivity index (χ2v) is 4.43. The number of nitrogens with one attached hydrogen (secondary N) is 2. The third-order valence-electron chi connectivity index (χ3n) is 2.78. The van der Waals surface area contributed by atoms with Gasteiger partial charge in [-0.2, -0.15) is 0 Å². The van der Waals surface area contributed by atoms with Gasteiger partial charge in [-0.25, -0.2) is 0 Å². The van der Waals surface area contributed by atoms with Gasteiger partial charge in [-0.05, 0) is 12.3 Å². The maximum atomic E-state index is 11.4. The second kappa shape index (κ2) is 3.28. The molecule has 14 heavy (non-hydrogen) atoms. The van der Waals surface area contributed by atoms with Crippen molar-refractivity contribution in [2.75, 3.05) is 0 Å². The topological polar surface area (TPSA) is 49.8 Å². The van der Waals surface area contributed by atoms with Gasteiger partial charge >= 0.3 is 0 Å². The molecule has 0 aromatic carbocycles. The summed E-state index contributed by atoms with van der Waals surface area (Å²) in [6, 6.07) is 0.342. The largest absolute Gasteiger partial charge is 0.304 e. The summed E-state index contributed by atoms with van der Waals surface area (Å²) in [5.41, 5.74) is 2.11. The molecule has 2 heterocycles. The van der Waals surface area contributed by atoms with E-state index >= 15 is 0 Å². The minimum absolute atomic E-state index is 0.0567. The average Bonchev–Trinajstić information content (AvgIpc) is 2.56. The summed E-state index contributed by atoms with van der Waals surface area (Å²) in [6.07, 6.45) is 1.08. The molecule has 0 bridgehead atoms. The highest BCUT2D eigenvalue weighted by Crippen LogP contribution is 2.27. The molecule has 2 rings (SSSR count). The van der Waals surface area contributed by atoms with Crippen LogP contribution in [0.1, 0.15) is 37.6 Å². The first-order chi connectivity index (χ1) is 6.59. The minimum atomic E-state index is 0.0567. The number of aromatic amines is 1. The normalized spacial score (nSPS) is 20.4. The van der Waals surface area contributed by atoms with Crippen LogP contribution in [-0.4, -0.2) is 9.78 Å². The Bertz CT molecular complexity index is 389. The summed E-state index contributed by atoms with van der Waals surface area (Å²) in [4.78, 5) is 11.4. The highest BCUT2D eigenvalue weighted by Gasteiger charge is 2.28. The van der Waals surface area contributed by atoms with Crippen molar-refractivity contribution in [3.63, 3.8) is 0 Å². The molecule has 0 spiro atoms. The monoisotopic (exact) mass is 195 g/mol. The summed E-state index contributed by atoms with van der Waals surface area (Å²) < 4.78 is 1.85. The van der Waals surface area contributed by atoms with Crippen molar-refractivity contribution in [3.8, 4) is 0 Å². The van der Waals surface area contributed by atoms with E-state index in [0.717, 1.165) is 17.7 Å². The van der Waals surface area contributed by atoms with Crippen molar-refractivity contribution in [1.82, 2.24) is 15.1 Å². The van der Waals surface area contributed by atoms with Gasteiger partial charge in [-0.1, -0.05) is 13.8 Å². The zero-order valence-corrected chi connectivity index (χ0v) is 8.92. The van der Waals surface area contributed by atoms with Gasteiger partial charge < -0.3 is 5.32 Å². The molecular weight excluding hydrogens is 178 g/mol. The molecule has 1 aromatic rings. The van der Waals surface area contributed by atoms with Crippen LogP contribution in [0.5, 0.6) is 0 Å². The number of rotatable bonds is 2. The Morgan fingerprint density at radius 3 is 2.93 bits per heavy atom. The van der Waals surface area contributed by atoms with Gasteiger partial charge in [-0.3, -0.25) is 14.6 Å². The van der Waals surface area contributed by atoms with Crippen LogP contribution in [-0.2, 0) is 13.6 Å². The first-order valence-electron chi connectivity index (χ1n) is 5.10. The zero-order chi connectivity index (χ0) is 10.3. The Morgan fingerprint density at radius 1 is 1.57 bits per heavy atom. The molecule has 1 atom stereocenters. The predicted octanol–water partition coefficient (Wildman–Crippen LogP) is 0.904. The van der Waals surface area contributed by atoms with E-state index in [4.69, 9.17) is 0 Å². The summed E-state index contributed by atoms with van der Waals surface area (Å²) in [7, 11) is 1.90. The van der Waals surface area contributed by atoms with Crippen LogP contribution in [0.2, 0.25) is 0 Å². The van der Waals surface area contributed by atoms with Crippen LogP contribution < -0.4 is 10.9 Å². The van der Waals surface area contributed by atoms with Gasteiger partial charge in [0.1, 0.15) is 0 Å². The molecule has 0 saturated heterocycles. The van der Waals surface area contributed by atoms with Crippen molar-refractivity contribution < 1.29 is 0 Å². The fraction of sp³-hybridized carbons (Fsp3) is 0.700.